The Morgan fingerprint density at radius 1 is 1.28 bits per heavy atom. The number of methoxy groups -OCH3 is 1. The molecule has 0 radical (unpaired) electrons. The van der Waals surface area contributed by atoms with Gasteiger partial charge in [-0.3, -0.25) is 0 Å². The molecule has 0 aliphatic heterocycles. The molecule has 0 aliphatic rings. The Labute approximate surface area is 108 Å². The van der Waals surface area contributed by atoms with Gasteiger partial charge in [0, 0.05) is 12.1 Å². The van der Waals surface area contributed by atoms with Gasteiger partial charge in [0.2, 0.25) is 5.95 Å². The fourth-order valence-corrected chi connectivity index (χ4v) is 1.51. The van der Waals surface area contributed by atoms with Crippen molar-refractivity contribution in [3.63, 3.8) is 0 Å². The van der Waals surface area contributed by atoms with Crippen LogP contribution in [0, 0.1) is 5.82 Å². The molecule has 0 aliphatic carbocycles. The lowest BCUT2D eigenvalue weighted by atomic mass is 10.2. The number of ether oxygens (including phenoxy) is 1. The summed E-state index contributed by atoms with van der Waals surface area (Å²) in [5, 5.41) is 3.06. The van der Waals surface area contributed by atoms with Gasteiger partial charge in [-0.15, -0.1) is 0 Å². The second-order valence-electron chi connectivity index (χ2n) is 3.34. The van der Waals surface area contributed by atoms with Gasteiger partial charge in [-0.25, -0.2) is 4.39 Å². The quantitative estimate of drug-likeness (QED) is 0.926. The van der Waals surface area contributed by atoms with Gasteiger partial charge in [-0.2, -0.15) is 15.0 Å². The summed E-state index contributed by atoms with van der Waals surface area (Å²) < 4.78 is 18.7. The van der Waals surface area contributed by atoms with Crippen LogP contribution < -0.4 is 10.1 Å². The van der Waals surface area contributed by atoms with Crippen molar-refractivity contribution in [2.24, 2.45) is 0 Å². The monoisotopic (exact) mass is 268 g/mol. The summed E-state index contributed by atoms with van der Waals surface area (Å²) >= 11 is 5.69. The first-order chi connectivity index (χ1) is 8.63. The van der Waals surface area contributed by atoms with Gasteiger partial charge in [0.15, 0.2) is 5.82 Å². The summed E-state index contributed by atoms with van der Waals surface area (Å²) in [5.74, 6) is -0.0237. The van der Waals surface area contributed by atoms with E-state index in [0.29, 0.717) is 11.0 Å². The summed E-state index contributed by atoms with van der Waals surface area (Å²) in [5.41, 5.74) is 0.233. The van der Waals surface area contributed by atoms with Gasteiger partial charge in [-0.1, -0.05) is 11.6 Å². The van der Waals surface area contributed by atoms with Gasteiger partial charge in [0.25, 0.3) is 0 Å². The van der Waals surface area contributed by atoms with E-state index in [4.69, 9.17) is 16.3 Å². The van der Waals surface area contributed by atoms with Crippen LogP contribution in [0.2, 0.25) is 5.02 Å². The molecule has 0 amide bonds. The molecule has 0 bridgehead atoms. The first-order valence-corrected chi connectivity index (χ1v) is 5.45. The van der Waals surface area contributed by atoms with E-state index in [9.17, 15) is 4.39 Å². The number of benzene rings is 1. The normalized spacial score (nSPS) is 10.2. The second-order valence-corrected chi connectivity index (χ2v) is 3.78. The Hall–Kier alpha value is -1.95. The Bertz CT molecular complexity index is 557. The predicted octanol–water partition coefficient (Wildman–Crippen LogP) is 2.38. The molecule has 18 heavy (non-hydrogen) atoms. The number of rotatable bonds is 3. The average molecular weight is 269 g/mol. The van der Waals surface area contributed by atoms with E-state index in [0.717, 1.165) is 0 Å². The lowest BCUT2D eigenvalue weighted by Gasteiger charge is -2.06. The van der Waals surface area contributed by atoms with Crippen molar-refractivity contribution in [2.45, 2.75) is 0 Å². The Morgan fingerprint density at radius 2 is 2.06 bits per heavy atom. The maximum absolute atomic E-state index is 13.8. The van der Waals surface area contributed by atoms with Crippen LogP contribution in [0.4, 0.5) is 10.3 Å². The van der Waals surface area contributed by atoms with Crippen LogP contribution >= 0.6 is 11.6 Å². The largest absolute Gasteiger partial charge is 0.467 e. The maximum atomic E-state index is 13.8. The minimum Gasteiger partial charge on any atom is -0.467 e. The van der Waals surface area contributed by atoms with Crippen LogP contribution in [-0.2, 0) is 0 Å². The van der Waals surface area contributed by atoms with Crippen molar-refractivity contribution in [2.75, 3.05) is 19.5 Å². The van der Waals surface area contributed by atoms with E-state index in [1.807, 2.05) is 0 Å². The second kappa shape index (κ2) is 5.14. The molecule has 1 heterocycles. The standard InChI is InChI=1S/C11H10ClFN4O/c1-14-10-15-9(16-11(17-10)18-2)7-4-3-6(12)5-8(7)13/h3-5H,1-2H3,(H,14,15,16,17). The molecular weight excluding hydrogens is 259 g/mol. The fraction of sp³-hybridized carbons (Fsp3) is 0.182. The van der Waals surface area contributed by atoms with E-state index < -0.39 is 5.82 Å². The molecule has 0 saturated heterocycles. The summed E-state index contributed by atoms with van der Waals surface area (Å²) in [7, 11) is 3.08. The zero-order chi connectivity index (χ0) is 13.1. The topological polar surface area (TPSA) is 59.9 Å². The van der Waals surface area contributed by atoms with Crippen molar-refractivity contribution in [1.82, 2.24) is 15.0 Å². The summed E-state index contributed by atoms with van der Waals surface area (Å²) in [6, 6.07) is 4.38. The first kappa shape index (κ1) is 12.5. The van der Waals surface area contributed by atoms with E-state index in [-0.39, 0.29) is 17.4 Å². The molecule has 7 heteroatoms. The van der Waals surface area contributed by atoms with Gasteiger partial charge < -0.3 is 10.1 Å². The van der Waals surface area contributed by atoms with Crippen LogP contribution in [0.5, 0.6) is 6.01 Å². The zero-order valence-electron chi connectivity index (χ0n) is 9.74. The molecule has 2 rings (SSSR count). The highest BCUT2D eigenvalue weighted by atomic mass is 35.5. The molecular formula is C11H10ClFN4O. The highest BCUT2D eigenvalue weighted by Gasteiger charge is 2.12. The van der Waals surface area contributed by atoms with Gasteiger partial charge in [0.1, 0.15) is 5.82 Å². The Morgan fingerprint density at radius 3 is 2.67 bits per heavy atom. The number of nitrogens with one attached hydrogen (secondary N) is 1. The zero-order valence-corrected chi connectivity index (χ0v) is 10.5. The number of halogens is 2. The SMILES string of the molecule is CNc1nc(OC)nc(-c2ccc(Cl)cc2F)n1. The van der Waals surface area contributed by atoms with E-state index >= 15 is 0 Å². The molecule has 0 atom stereocenters. The van der Waals surface area contributed by atoms with Gasteiger partial charge in [0.05, 0.1) is 12.7 Å². The van der Waals surface area contributed by atoms with Crippen LogP contribution in [0.15, 0.2) is 18.2 Å². The van der Waals surface area contributed by atoms with Crippen molar-refractivity contribution < 1.29 is 9.13 Å². The molecule has 1 N–H and O–H groups in total. The third-order valence-electron chi connectivity index (χ3n) is 2.19. The van der Waals surface area contributed by atoms with Crippen LogP contribution in [-0.4, -0.2) is 29.1 Å². The summed E-state index contributed by atoms with van der Waals surface area (Å²) in [4.78, 5) is 12.0. The van der Waals surface area contributed by atoms with Gasteiger partial charge >= 0.3 is 6.01 Å². The maximum Gasteiger partial charge on any atom is 0.321 e. The predicted molar refractivity (Wildman–Crippen MR) is 66.3 cm³/mol. The molecule has 2 aromatic rings. The van der Waals surface area contributed by atoms with Crippen LogP contribution in [0.1, 0.15) is 0 Å². The minimum absolute atomic E-state index is 0.110. The smallest absolute Gasteiger partial charge is 0.321 e. The van der Waals surface area contributed by atoms with Crippen LogP contribution in [0.25, 0.3) is 11.4 Å². The van der Waals surface area contributed by atoms with E-state index in [2.05, 4.69) is 20.3 Å². The lowest BCUT2D eigenvalue weighted by molar-refractivity contribution is 0.379. The Balaban J connectivity index is 2.55. The molecule has 94 valence electrons. The number of hydrogen-bond acceptors (Lipinski definition) is 5. The van der Waals surface area contributed by atoms with Gasteiger partial charge in [-0.05, 0) is 18.2 Å². The molecule has 0 saturated carbocycles. The number of aromatic nitrogens is 3. The van der Waals surface area contributed by atoms with E-state index in [1.165, 1.54) is 19.2 Å². The number of nitrogens with zero attached hydrogens (tertiary/aromatic N) is 3. The summed E-state index contributed by atoms with van der Waals surface area (Å²) in [6.45, 7) is 0. The first-order valence-electron chi connectivity index (χ1n) is 5.07. The third kappa shape index (κ3) is 2.48. The van der Waals surface area contributed by atoms with Crippen molar-refractivity contribution in [3.8, 4) is 17.4 Å². The number of hydrogen-bond donors (Lipinski definition) is 1. The molecule has 1 aromatic carbocycles. The molecule has 0 unspecified atom stereocenters. The highest BCUT2D eigenvalue weighted by Crippen LogP contribution is 2.24. The Kier molecular flexibility index (Phi) is 3.57. The third-order valence-corrected chi connectivity index (χ3v) is 2.43. The average Bonchev–Trinajstić information content (AvgIpc) is 2.38. The number of anilines is 1. The lowest BCUT2D eigenvalue weighted by Crippen LogP contribution is -2.03. The molecule has 5 nitrogen and oxygen atoms in total. The van der Waals surface area contributed by atoms with Crippen molar-refractivity contribution in [3.05, 3.63) is 29.0 Å². The molecule has 1 aromatic heterocycles. The minimum atomic E-state index is -0.502. The van der Waals surface area contributed by atoms with Crippen LogP contribution in [0.3, 0.4) is 0 Å². The molecule has 0 spiro atoms. The van der Waals surface area contributed by atoms with Crippen molar-refractivity contribution in [1.29, 1.82) is 0 Å². The molecule has 0 fully saturated rings. The van der Waals surface area contributed by atoms with E-state index in [1.54, 1.807) is 13.1 Å². The van der Waals surface area contributed by atoms with Crippen molar-refractivity contribution >= 4 is 17.5 Å². The highest BCUT2D eigenvalue weighted by molar-refractivity contribution is 6.30. The summed E-state index contributed by atoms with van der Waals surface area (Å²) in [6.07, 6.45) is 0. The fourth-order valence-electron chi connectivity index (χ4n) is 1.35.